The zero-order valence-electron chi connectivity index (χ0n) is 13.8. The van der Waals surface area contributed by atoms with Gasteiger partial charge in [0.2, 0.25) is 0 Å². The first-order valence-corrected chi connectivity index (χ1v) is 8.28. The number of halogens is 1. The zero-order chi connectivity index (χ0) is 15.3. The van der Waals surface area contributed by atoms with Crippen molar-refractivity contribution in [2.75, 3.05) is 25.0 Å². The van der Waals surface area contributed by atoms with Crippen LogP contribution >= 0.6 is 15.9 Å². The molecule has 1 rings (SSSR count). The van der Waals surface area contributed by atoms with Gasteiger partial charge in [-0.1, -0.05) is 43.6 Å². The molecule has 0 heterocycles. The van der Waals surface area contributed by atoms with Crippen LogP contribution in [0.15, 0.2) is 22.7 Å². The number of nitrogens with one attached hydrogen (secondary N) is 1. The summed E-state index contributed by atoms with van der Waals surface area (Å²) < 4.78 is 1.14. The van der Waals surface area contributed by atoms with Crippen LogP contribution in [-0.2, 0) is 0 Å². The van der Waals surface area contributed by atoms with E-state index in [4.69, 9.17) is 0 Å². The van der Waals surface area contributed by atoms with Crippen molar-refractivity contribution in [3.05, 3.63) is 28.2 Å². The van der Waals surface area contributed by atoms with Crippen LogP contribution < -0.4 is 10.2 Å². The molecule has 1 N–H and O–H groups in total. The standard InChI is InChI=1S/C17H29BrN2/c1-7-10-19-13(2)15-11-14(18)8-9-16(15)20(6)12-17(3,4)5/h8-9,11,13,19H,7,10,12H2,1-6H3. The summed E-state index contributed by atoms with van der Waals surface area (Å²) in [6.07, 6.45) is 1.16. The highest BCUT2D eigenvalue weighted by Crippen LogP contribution is 2.30. The normalized spacial score (nSPS) is 13.3. The molecule has 1 aromatic rings. The number of hydrogen-bond donors (Lipinski definition) is 1. The first-order chi connectivity index (χ1) is 9.24. The predicted octanol–water partition coefficient (Wildman–Crippen LogP) is 4.99. The van der Waals surface area contributed by atoms with Crippen LogP contribution in [0, 0.1) is 5.41 Å². The molecule has 0 aliphatic heterocycles. The molecule has 2 nitrogen and oxygen atoms in total. The largest absolute Gasteiger partial charge is 0.374 e. The Morgan fingerprint density at radius 1 is 1.30 bits per heavy atom. The minimum Gasteiger partial charge on any atom is -0.374 e. The van der Waals surface area contributed by atoms with Gasteiger partial charge in [-0.3, -0.25) is 0 Å². The van der Waals surface area contributed by atoms with Gasteiger partial charge in [0.15, 0.2) is 0 Å². The van der Waals surface area contributed by atoms with Crippen molar-refractivity contribution < 1.29 is 0 Å². The van der Waals surface area contributed by atoms with Gasteiger partial charge in [-0.25, -0.2) is 0 Å². The summed E-state index contributed by atoms with van der Waals surface area (Å²) in [4.78, 5) is 2.37. The Hall–Kier alpha value is -0.540. The van der Waals surface area contributed by atoms with Gasteiger partial charge in [0.1, 0.15) is 0 Å². The van der Waals surface area contributed by atoms with Crippen molar-refractivity contribution in [1.29, 1.82) is 0 Å². The lowest BCUT2D eigenvalue weighted by Crippen LogP contribution is -2.31. The molecule has 20 heavy (non-hydrogen) atoms. The molecule has 0 aliphatic carbocycles. The summed E-state index contributed by atoms with van der Waals surface area (Å²) in [6, 6.07) is 6.95. The third kappa shape index (κ3) is 5.45. The quantitative estimate of drug-likeness (QED) is 0.784. The Morgan fingerprint density at radius 2 is 1.95 bits per heavy atom. The minimum atomic E-state index is 0.291. The van der Waals surface area contributed by atoms with E-state index < -0.39 is 0 Å². The van der Waals surface area contributed by atoms with Crippen LogP contribution in [0.25, 0.3) is 0 Å². The summed E-state index contributed by atoms with van der Waals surface area (Å²) in [5.41, 5.74) is 2.97. The van der Waals surface area contributed by atoms with Gasteiger partial charge in [-0.15, -0.1) is 0 Å². The lowest BCUT2D eigenvalue weighted by atomic mass is 9.95. The van der Waals surface area contributed by atoms with Gasteiger partial charge in [0.05, 0.1) is 0 Å². The summed E-state index contributed by atoms with van der Waals surface area (Å²) >= 11 is 3.60. The molecule has 0 bridgehead atoms. The van der Waals surface area contributed by atoms with Crippen molar-refractivity contribution >= 4 is 21.6 Å². The second-order valence-electron chi connectivity index (χ2n) is 6.80. The lowest BCUT2D eigenvalue weighted by molar-refractivity contribution is 0.418. The average Bonchev–Trinajstić information content (AvgIpc) is 2.33. The van der Waals surface area contributed by atoms with Crippen molar-refractivity contribution in [2.24, 2.45) is 5.41 Å². The fourth-order valence-electron chi connectivity index (χ4n) is 2.49. The van der Waals surface area contributed by atoms with Crippen molar-refractivity contribution in [2.45, 2.75) is 47.1 Å². The number of anilines is 1. The van der Waals surface area contributed by atoms with Gasteiger partial charge < -0.3 is 10.2 Å². The maximum Gasteiger partial charge on any atom is 0.0412 e. The van der Waals surface area contributed by atoms with Gasteiger partial charge in [-0.05, 0) is 49.1 Å². The van der Waals surface area contributed by atoms with Crippen molar-refractivity contribution in [1.82, 2.24) is 5.32 Å². The SMILES string of the molecule is CCCNC(C)c1cc(Br)ccc1N(C)CC(C)(C)C. The van der Waals surface area contributed by atoms with Crippen LogP contribution in [-0.4, -0.2) is 20.1 Å². The number of benzene rings is 1. The average molecular weight is 341 g/mol. The zero-order valence-corrected chi connectivity index (χ0v) is 15.3. The van der Waals surface area contributed by atoms with E-state index >= 15 is 0 Å². The summed E-state index contributed by atoms with van der Waals surface area (Å²) in [5, 5.41) is 3.59. The summed E-state index contributed by atoms with van der Waals surface area (Å²) in [7, 11) is 2.19. The summed E-state index contributed by atoms with van der Waals surface area (Å²) in [5.74, 6) is 0. The predicted molar refractivity (Wildman–Crippen MR) is 93.6 cm³/mol. The Morgan fingerprint density at radius 3 is 2.50 bits per heavy atom. The minimum absolute atomic E-state index is 0.291. The van der Waals surface area contributed by atoms with Gasteiger partial charge >= 0.3 is 0 Å². The lowest BCUT2D eigenvalue weighted by Gasteiger charge is -2.31. The maximum absolute atomic E-state index is 3.60. The van der Waals surface area contributed by atoms with E-state index in [0.717, 1.165) is 24.0 Å². The molecule has 0 fully saturated rings. The molecule has 114 valence electrons. The van der Waals surface area contributed by atoms with Gasteiger partial charge in [0.25, 0.3) is 0 Å². The smallest absolute Gasteiger partial charge is 0.0412 e. The molecule has 0 amide bonds. The Kier molecular flexibility index (Phi) is 6.53. The molecular weight excluding hydrogens is 312 g/mol. The van der Waals surface area contributed by atoms with Crippen LogP contribution in [0.3, 0.4) is 0 Å². The fourth-order valence-corrected chi connectivity index (χ4v) is 2.87. The highest BCUT2D eigenvalue weighted by molar-refractivity contribution is 9.10. The molecular formula is C17H29BrN2. The van der Waals surface area contributed by atoms with Crippen molar-refractivity contribution in [3.8, 4) is 0 Å². The highest BCUT2D eigenvalue weighted by Gasteiger charge is 2.18. The molecule has 0 aliphatic rings. The van der Waals surface area contributed by atoms with E-state index in [1.165, 1.54) is 11.3 Å². The summed E-state index contributed by atoms with van der Waals surface area (Å²) in [6.45, 7) is 13.4. The first kappa shape index (κ1) is 17.5. The Labute approximate surface area is 133 Å². The second kappa shape index (κ2) is 7.46. The third-order valence-electron chi connectivity index (χ3n) is 3.28. The van der Waals surface area contributed by atoms with E-state index in [0.29, 0.717) is 11.5 Å². The van der Waals surface area contributed by atoms with E-state index in [9.17, 15) is 0 Å². The van der Waals surface area contributed by atoms with E-state index in [-0.39, 0.29) is 0 Å². The van der Waals surface area contributed by atoms with Crippen LogP contribution in [0.2, 0.25) is 0 Å². The molecule has 0 aromatic heterocycles. The first-order valence-electron chi connectivity index (χ1n) is 7.48. The third-order valence-corrected chi connectivity index (χ3v) is 3.77. The van der Waals surface area contributed by atoms with Crippen LogP contribution in [0.4, 0.5) is 5.69 Å². The number of hydrogen-bond acceptors (Lipinski definition) is 2. The molecule has 0 spiro atoms. The maximum atomic E-state index is 3.60. The molecule has 1 unspecified atom stereocenters. The van der Waals surface area contributed by atoms with Crippen molar-refractivity contribution in [3.63, 3.8) is 0 Å². The molecule has 0 radical (unpaired) electrons. The van der Waals surface area contributed by atoms with Crippen LogP contribution in [0.5, 0.6) is 0 Å². The highest BCUT2D eigenvalue weighted by atomic mass is 79.9. The molecule has 0 saturated carbocycles. The topological polar surface area (TPSA) is 15.3 Å². The van der Waals surface area contributed by atoms with Gasteiger partial charge in [0, 0.05) is 29.8 Å². The second-order valence-corrected chi connectivity index (χ2v) is 7.71. The molecule has 1 aromatic carbocycles. The Bertz CT molecular complexity index is 423. The van der Waals surface area contributed by atoms with E-state index in [1.54, 1.807) is 0 Å². The van der Waals surface area contributed by atoms with E-state index in [1.807, 2.05) is 0 Å². The fraction of sp³-hybridized carbons (Fsp3) is 0.647. The molecule has 1 atom stereocenters. The van der Waals surface area contributed by atoms with Crippen LogP contribution in [0.1, 0.15) is 52.6 Å². The van der Waals surface area contributed by atoms with Gasteiger partial charge in [-0.2, -0.15) is 0 Å². The number of rotatable bonds is 6. The Balaban J connectivity index is 3.00. The monoisotopic (exact) mass is 340 g/mol. The molecule has 3 heteroatoms. The van der Waals surface area contributed by atoms with E-state index in [2.05, 4.69) is 86.0 Å². The molecule has 0 saturated heterocycles. The number of nitrogens with zero attached hydrogens (tertiary/aromatic N) is 1.